The van der Waals surface area contributed by atoms with Gasteiger partial charge in [-0.3, -0.25) is 0 Å². The Kier molecular flexibility index (Phi) is 3.39. The highest BCUT2D eigenvalue weighted by Gasteiger charge is 2.06. The fraction of sp³-hybridized carbons (Fsp3) is 0.100. The zero-order chi connectivity index (χ0) is 15.6. The molecule has 4 aromatic rings. The first-order valence-corrected chi connectivity index (χ1v) is 7.83. The van der Waals surface area contributed by atoms with Crippen molar-refractivity contribution in [2.24, 2.45) is 0 Å². The summed E-state index contributed by atoms with van der Waals surface area (Å²) in [6.45, 7) is 2.18. The third kappa shape index (κ3) is 2.50. The standard InChI is InChI=1S/C20H17N3/c1-2-15-6-8-16(9-7-15)17-4-3-5-18(14-17)19-10-12-21-20-11-13-22-23(19)20/h3-14H,2H2,1H3. The molecule has 3 nitrogen and oxygen atoms in total. The van der Waals surface area contributed by atoms with Crippen LogP contribution in [0.3, 0.4) is 0 Å². The number of aryl methyl sites for hydroxylation is 1. The predicted molar refractivity (Wildman–Crippen MR) is 93.2 cm³/mol. The summed E-state index contributed by atoms with van der Waals surface area (Å²) in [5, 5.41) is 4.37. The number of nitrogens with zero attached hydrogens (tertiary/aromatic N) is 3. The lowest BCUT2D eigenvalue weighted by molar-refractivity contribution is 0.948. The van der Waals surface area contributed by atoms with E-state index in [4.69, 9.17) is 0 Å². The molecule has 0 bridgehead atoms. The van der Waals surface area contributed by atoms with Crippen LogP contribution in [0.25, 0.3) is 28.0 Å². The van der Waals surface area contributed by atoms with Crippen molar-refractivity contribution in [3.8, 4) is 22.4 Å². The van der Waals surface area contributed by atoms with E-state index in [-0.39, 0.29) is 0 Å². The van der Waals surface area contributed by atoms with Crippen LogP contribution in [0.2, 0.25) is 0 Å². The minimum absolute atomic E-state index is 0.861. The molecule has 0 N–H and O–H groups in total. The number of hydrogen-bond acceptors (Lipinski definition) is 2. The molecule has 0 saturated carbocycles. The Labute approximate surface area is 135 Å². The lowest BCUT2D eigenvalue weighted by atomic mass is 10.00. The molecule has 0 spiro atoms. The third-order valence-electron chi connectivity index (χ3n) is 4.14. The Balaban J connectivity index is 1.80. The second-order valence-corrected chi connectivity index (χ2v) is 5.56. The van der Waals surface area contributed by atoms with Gasteiger partial charge in [-0.25, -0.2) is 9.50 Å². The maximum Gasteiger partial charge on any atom is 0.155 e. The Bertz CT molecular complexity index is 952. The lowest BCUT2D eigenvalue weighted by Crippen LogP contribution is -1.95. The van der Waals surface area contributed by atoms with Gasteiger partial charge in [-0.05, 0) is 35.2 Å². The third-order valence-corrected chi connectivity index (χ3v) is 4.14. The van der Waals surface area contributed by atoms with Gasteiger partial charge < -0.3 is 0 Å². The van der Waals surface area contributed by atoms with E-state index in [1.807, 2.05) is 22.8 Å². The van der Waals surface area contributed by atoms with E-state index in [9.17, 15) is 0 Å². The van der Waals surface area contributed by atoms with E-state index < -0.39 is 0 Å². The first kappa shape index (κ1) is 13.7. The number of benzene rings is 2. The van der Waals surface area contributed by atoms with Gasteiger partial charge in [-0.1, -0.05) is 49.4 Å². The second kappa shape index (κ2) is 5.69. The van der Waals surface area contributed by atoms with Gasteiger partial charge >= 0.3 is 0 Å². The van der Waals surface area contributed by atoms with Gasteiger partial charge in [0.05, 0.1) is 11.9 Å². The van der Waals surface area contributed by atoms with Crippen LogP contribution in [-0.2, 0) is 6.42 Å². The van der Waals surface area contributed by atoms with Gasteiger partial charge in [0.15, 0.2) is 5.65 Å². The molecule has 112 valence electrons. The van der Waals surface area contributed by atoms with Crippen molar-refractivity contribution in [2.45, 2.75) is 13.3 Å². The molecule has 2 aromatic carbocycles. The topological polar surface area (TPSA) is 30.2 Å². The summed E-state index contributed by atoms with van der Waals surface area (Å²) in [6.07, 6.45) is 4.67. The van der Waals surface area contributed by atoms with Gasteiger partial charge in [0.25, 0.3) is 0 Å². The molecule has 0 aliphatic heterocycles. The molecule has 4 rings (SSSR count). The van der Waals surface area contributed by atoms with Crippen LogP contribution in [0.5, 0.6) is 0 Å². The summed E-state index contributed by atoms with van der Waals surface area (Å²) in [4.78, 5) is 4.33. The molecule has 0 fully saturated rings. The van der Waals surface area contributed by atoms with Gasteiger partial charge in [0, 0.05) is 17.8 Å². The molecule has 0 saturated heterocycles. The molecule has 3 heteroatoms. The minimum atomic E-state index is 0.861. The Hall–Kier alpha value is -2.94. The fourth-order valence-corrected chi connectivity index (χ4v) is 2.84. The van der Waals surface area contributed by atoms with Crippen molar-refractivity contribution in [3.63, 3.8) is 0 Å². The summed E-state index contributed by atoms with van der Waals surface area (Å²) < 4.78 is 1.87. The van der Waals surface area contributed by atoms with Crippen molar-refractivity contribution in [3.05, 3.63) is 78.6 Å². The average Bonchev–Trinajstić information content (AvgIpc) is 3.10. The zero-order valence-corrected chi connectivity index (χ0v) is 13.0. The molecular weight excluding hydrogens is 282 g/mol. The van der Waals surface area contributed by atoms with E-state index in [0.717, 1.165) is 23.3 Å². The Morgan fingerprint density at radius 1 is 0.826 bits per heavy atom. The maximum atomic E-state index is 4.37. The summed E-state index contributed by atoms with van der Waals surface area (Å²) >= 11 is 0. The molecule has 0 atom stereocenters. The molecule has 0 amide bonds. The first-order chi connectivity index (χ1) is 11.3. The molecule has 0 aliphatic rings. The van der Waals surface area contributed by atoms with Gasteiger partial charge in [0.1, 0.15) is 0 Å². The van der Waals surface area contributed by atoms with E-state index in [1.54, 1.807) is 6.20 Å². The van der Waals surface area contributed by atoms with Crippen LogP contribution in [0.4, 0.5) is 0 Å². The van der Waals surface area contributed by atoms with E-state index in [0.29, 0.717) is 0 Å². The monoisotopic (exact) mass is 299 g/mol. The zero-order valence-electron chi connectivity index (χ0n) is 13.0. The number of rotatable bonds is 3. The average molecular weight is 299 g/mol. The Morgan fingerprint density at radius 2 is 1.65 bits per heavy atom. The maximum absolute atomic E-state index is 4.37. The largest absolute Gasteiger partial charge is 0.237 e. The summed E-state index contributed by atoms with van der Waals surface area (Å²) in [5.41, 5.74) is 6.85. The van der Waals surface area contributed by atoms with E-state index in [2.05, 4.69) is 65.5 Å². The SMILES string of the molecule is CCc1ccc(-c2cccc(-c3ccnc4ccnn34)c2)cc1. The van der Waals surface area contributed by atoms with Crippen LogP contribution in [0, 0.1) is 0 Å². The number of aromatic nitrogens is 3. The highest BCUT2D eigenvalue weighted by molar-refractivity contribution is 5.72. The van der Waals surface area contributed by atoms with Crippen molar-refractivity contribution in [1.29, 1.82) is 0 Å². The van der Waals surface area contributed by atoms with Crippen LogP contribution in [0.15, 0.2) is 73.1 Å². The van der Waals surface area contributed by atoms with Crippen molar-refractivity contribution < 1.29 is 0 Å². The molecule has 0 radical (unpaired) electrons. The van der Waals surface area contributed by atoms with Crippen molar-refractivity contribution in [2.75, 3.05) is 0 Å². The smallest absolute Gasteiger partial charge is 0.155 e. The summed E-state index contributed by atoms with van der Waals surface area (Å²) in [7, 11) is 0. The molecular formula is C20H17N3. The summed E-state index contributed by atoms with van der Waals surface area (Å²) in [5.74, 6) is 0. The summed E-state index contributed by atoms with van der Waals surface area (Å²) in [6, 6.07) is 21.2. The predicted octanol–water partition coefficient (Wildman–Crippen LogP) is 4.63. The second-order valence-electron chi connectivity index (χ2n) is 5.56. The quantitative estimate of drug-likeness (QED) is 0.552. The normalized spacial score (nSPS) is 11.0. The van der Waals surface area contributed by atoms with Crippen LogP contribution >= 0.6 is 0 Å². The number of fused-ring (bicyclic) bond motifs is 1. The van der Waals surface area contributed by atoms with Crippen LogP contribution in [0.1, 0.15) is 12.5 Å². The highest BCUT2D eigenvalue weighted by Crippen LogP contribution is 2.26. The molecule has 0 unspecified atom stereocenters. The van der Waals surface area contributed by atoms with Crippen molar-refractivity contribution in [1.82, 2.24) is 14.6 Å². The Morgan fingerprint density at radius 3 is 2.48 bits per heavy atom. The van der Waals surface area contributed by atoms with Gasteiger partial charge in [-0.2, -0.15) is 5.10 Å². The van der Waals surface area contributed by atoms with Gasteiger partial charge in [-0.15, -0.1) is 0 Å². The molecule has 0 aliphatic carbocycles. The molecule has 2 heterocycles. The van der Waals surface area contributed by atoms with Gasteiger partial charge in [0.2, 0.25) is 0 Å². The van der Waals surface area contributed by atoms with Crippen LogP contribution < -0.4 is 0 Å². The van der Waals surface area contributed by atoms with E-state index >= 15 is 0 Å². The number of hydrogen-bond donors (Lipinski definition) is 0. The van der Waals surface area contributed by atoms with Crippen molar-refractivity contribution >= 4 is 5.65 Å². The van der Waals surface area contributed by atoms with E-state index in [1.165, 1.54) is 16.7 Å². The minimum Gasteiger partial charge on any atom is -0.237 e. The first-order valence-electron chi connectivity index (χ1n) is 7.83. The molecule has 23 heavy (non-hydrogen) atoms. The van der Waals surface area contributed by atoms with Crippen LogP contribution in [-0.4, -0.2) is 14.6 Å². The highest BCUT2D eigenvalue weighted by atomic mass is 15.2. The molecule has 2 aromatic heterocycles. The lowest BCUT2D eigenvalue weighted by Gasteiger charge is -2.08. The fourth-order valence-electron chi connectivity index (χ4n) is 2.84.